The smallest absolute Gasteiger partial charge is 0.265 e. The predicted molar refractivity (Wildman–Crippen MR) is 79.4 cm³/mol. The van der Waals surface area contributed by atoms with Crippen LogP contribution < -0.4 is 4.72 Å². The van der Waals surface area contributed by atoms with E-state index in [1.165, 1.54) is 6.20 Å². The maximum absolute atomic E-state index is 12.4. The number of rotatable bonds is 4. The summed E-state index contributed by atoms with van der Waals surface area (Å²) in [5, 5.41) is 4.08. The number of hydrogen-bond acceptors (Lipinski definition) is 3. The molecule has 0 aliphatic carbocycles. The van der Waals surface area contributed by atoms with Crippen molar-refractivity contribution in [2.75, 3.05) is 4.72 Å². The van der Waals surface area contributed by atoms with Crippen molar-refractivity contribution < 1.29 is 8.42 Å². The Labute approximate surface area is 119 Å². The van der Waals surface area contributed by atoms with E-state index in [1.807, 2.05) is 32.9 Å². The molecule has 1 N–H and O–H groups in total. The molecule has 20 heavy (non-hydrogen) atoms. The summed E-state index contributed by atoms with van der Waals surface area (Å²) in [6, 6.07) is 5.61. The number of sulfonamides is 1. The van der Waals surface area contributed by atoms with Gasteiger partial charge in [0.2, 0.25) is 0 Å². The predicted octanol–water partition coefficient (Wildman–Crippen LogP) is 2.63. The van der Waals surface area contributed by atoms with Crippen molar-refractivity contribution in [2.24, 2.45) is 0 Å². The van der Waals surface area contributed by atoms with Crippen molar-refractivity contribution in [1.82, 2.24) is 9.78 Å². The standard InChI is InChI=1S/C14H19N3O2S/c1-5-17-12(4)14(9-15-17)20(18,19)16-13-7-6-10(2)8-11(13)3/h6-9,16H,5H2,1-4H3. The first kappa shape index (κ1) is 14.6. The molecular formula is C14H19N3O2S. The van der Waals surface area contributed by atoms with Crippen molar-refractivity contribution in [3.05, 3.63) is 41.2 Å². The highest BCUT2D eigenvalue weighted by atomic mass is 32.2. The number of nitrogens with zero attached hydrogens (tertiary/aromatic N) is 2. The monoisotopic (exact) mass is 293 g/mol. The molecule has 0 fully saturated rings. The molecule has 0 radical (unpaired) electrons. The van der Waals surface area contributed by atoms with Crippen LogP contribution in [0.4, 0.5) is 5.69 Å². The van der Waals surface area contributed by atoms with Crippen molar-refractivity contribution in [1.29, 1.82) is 0 Å². The van der Waals surface area contributed by atoms with Crippen LogP contribution in [-0.4, -0.2) is 18.2 Å². The maximum Gasteiger partial charge on any atom is 0.265 e. The molecule has 2 rings (SSSR count). The van der Waals surface area contributed by atoms with E-state index >= 15 is 0 Å². The number of benzene rings is 1. The highest BCUT2D eigenvalue weighted by Crippen LogP contribution is 2.22. The lowest BCUT2D eigenvalue weighted by Crippen LogP contribution is -2.15. The van der Waals surface area contributed by atoms with Gasteiger partial charge in [-0.1, -0.05) is 17.7 Å². The quantitative estimate of drug-likeness (QED) is 0.942. The summed E-state index contributed by atoms with van der Waals surface area (Å²) in [5.41, 5.74) is 3.23. The molecule has 1 heterocycles. The Hall–Kier alpha value is -1.82. The van der Waals surface area contributed by atoms with Gasteiger partial charge in [0.15, 0.2) is 0 Å². The summed E-state index contributed by atoms with van der Waals surface area (Å²) in [6.45, 7) is 8.18. The van der Waals surface area contributed by atoms with Crippen LogP contribution in [0.5, 0.6) is 0 Å². The van der Waals surface area contributed by atoms with Gasteiger partial charge in [0.25, 0.3) is 10.0 Å². The second kappa shape index (κ2) is 5.28. The molecule has 1 aromatic heterocycles. The molecule has 0 spiro atoms. The van der Waals surface area contributed by atoms with E-state index in [9.17, 15) is 8.42 Å². The van der Waals surface area contributed by atoms with E-state index in [4.69, 9.17) is 0 Å². The number of aryl methyl sites for hydroxylation is 3. The Morgan fingerprint density at radius 3 is 2.50 bits per heavy atom. The number of hydrogen-bond donors (Lipinski definition) is 1. The second-order valence-corrected chi connectivity index (χ2v) is 6.48. The summed E-state index contributed by atoms with van der Waals surface area (Å²) >= 11 is 0. The van der Waals surface area contributed by atoms with Gasteiger partial charge in [0, 0.05) is 6.54 Å². The summed E-state index contributed by atoms with van der Waals surface area (Å²) < 4.78 is 29.1. The molecule has 0 atom stereocenters. The van der Waals surface area contributed by atoms with E-state index in [0.717, 1.165) is 11.1 Å². The number of aromatic nitrogens is 2. The Bertz CT molecular complexity index is 733. The highest BCUT2D eigenvalue weighted by Gasteiger charge is 2.21. The number of nitrogens with one attached hydrogen (secondary N) is 1. The third-order valence-electron chi connectivity index (χ3n) is 3.27. The lowest BCUT2D eigenvalue weighted by Gasteiger charge is -2.11. The van der Waals surface area contributed by atoms with Crippen LogP contribution in [0.25, 0.3) is 0 Å². The minimum absolute atomic E-state index is 0.222. The molecule has 0 unspecified atom stereocenters. The molecule has 0 saturated heterocycles. The van der Waals surface area contributed by atoms with Gasteiger partial charge in [0.05, 0.1) is 17.6 Å². The molecule has 108 valence electrons. The van der Waals surface area contributed by atoms with Gasteiger partial charge in [-0.05, 0) is 39.3 Å². The minimum Gasteiger partial charge on any atom is -0.279 e. The Morgan fingerprint density at radius 2 is 1.95 bits per heavy atom. The first-order chi connectivity index (χ1) is 9.35. The first-order valence-corrected chi connectivity index (χ1v) is 7.96. The maximum atomic E-state index is 12.4. The van der Waals surface area contributed by atoms with Crippen LogP contribution >= 0.6 is 0 Å². The summed E-state index contributed by atoms with van der Waals surface area (Å²) in [6.07, 6.45) is 1.39. The minimum atomic E-state index is -3.60. The SMILES string of the molecule is CCn1ncc(S(=O)(=O)Nc2ccc(C)cc2C)c1C. The molecule has 0 aliphatic rings. The zero-order chi connectivity index (χ0) is 14.9. The van der Waals surface area contributed by atoms with Gasteiger partial charge >= 0.3 is 0 Å². The summed E-state index contributed by atoms with van der Waals surface area (Å²) in [5.74, 6) is 0. The van der Waals surface area contributed by atoms with Gasteiger partial charge in [-0.25, -0.2) is 8.42 Å². The molecule has 0 saturated carbocycles. The average molecular weight is 293 g/mol. The zero-order valence-electron chi connectivity index (χ0n) is 12.1. The third kappa shape index (κ3) is 2.70. The van der Waals surface area contributed by atoms with Crippen LogP contribution in [0.15, 0.2) is 29.3 Å². The van der Waals surface area contributed by atoms with Crippen molar-refractivity contribution in [3.8, 4) is 0 Å². The molecular weight excluding hydrogens is 274 g/mol. The van der Waals surface area contributed by atoms with Crippen LogP contribution in [0.1, 0.15) is 23.7 Å². The molecule has 0 amide bonds. The Morgan fingerprint density at radius 1 is 1.25 bits per heavy atom. The Kier molecular flexibility index (Phi) is 3.85. The topological polar surface area (TPSA) is 64.0 Å². The fraction of sp³-hybridized carbons (Fsp3) is 0.357. The molecule has 2 aromatic rings. The van der Waals surface area contributed by atoms with E-state index in [2.05, 4.69) is 9.82 Å². The Balaban J connectivity index is 2.38. The fourth-order valence-electron chi connectivity index (χ4n) is 2.14. The first-order valence-electron chi connectivity index (χ1n) is 6.47. The summed E-state index contributed by atoms with van der Waals surface area (Å²) in [7, 11) is -3.60. The van der Waals surface area contributed by atoms with Crippen molar-refractivity contribution in [2.45, 2.75) is 39.1 Å². The highest BCUT2D eigenvalue weighted by molar-refractivity contribution is 7.92. The van der Waals surface area contributed by atoms with E-state index < -0.39 is 10.0 Å². The largest absolute Gasteiger partial charge is 0.279 e. The lowest BCUT2D eigenvalue weighted by atomic mass is 10.1. The second-order valence-electron chi connectivity index (χ2n) is 4.83. The zero-order valence-corrected chi connectivity index (χ0v) is 13.0. The van der Waals surface area contributed by atoms with E-state index in [1.54, 1.807) is 17.7 Å². The molecule has 6 heteroatoms. The van der Waals surface area contributed by atoms with Crippen LogP contribution in [-0.2, 0) is 16.6 Å². The normalized spacial score (nSPS) is 11.6. The van der Waals surface area contributed by atoms with Crippen molar-refractivity contribution in [3.63, 3.8) is 0 Å². The molecule has 1 aromatic carbocycles. The van der Waals surface area contributed by atoms with E-state index in [0.29, 0.717) is 17.9 Å². The van der Waals surface area contributed by atoms with Gasteiger partial charge in [-0.15, -0.1) is 0 Å². The van der Waals surface area contributed by atoms with Crippen molar-refractivity contribution >= 4 is 15.7 Å². The van der Waals surface area contributed by atoms with Crippen LogP contribution in [0.2, 0.25) is 0 Å². The average Bonchev–Trinajstić information content (AvgIpc) is 2.74. The third-order valence-corrected chi connectivity index (χ3v) is 4.74. The molecule has 5 nitrogen and oxygen atoms in total. The lowest BCUT2D eigenvalue weighted by molar-refractivity contribution is 0.598. The van der Waals surface area contributed by atoms with Gasteiger partial charge in [-0.3, -0.25) is 9.40 Å². The fourth-order valence-corrected chi connectivity index (χ4v) is 3.45. The summed E-state index contributed by atoms with van der Waals surface area (Å²) in [4.78, 5) is 0.222. The van der Waals surface area contributed by atoms with Gasteiger partial charge in [-0.2, -0.15) is 5.10 Å². The molecule has 0 aliphatic heterocycles. The van der Waals surface area contributed by atoms with Gasteiger partial charge < -0.3 is 0 Å². The molecule has 0 bridgehead atoms. The van der Waals surface area contributed by atoms with E-state index in [-0.39, 0.29) is 4.90 Å². The van der Waals surface area contributed by atoms with Crippen LogP contribution in [0.3, 0.4) is 0 Å². The number of anilines is 1. The van der Waals surface area contributed by atoms with Gasteiger partial charge in [0.1, 0.15) is 4.90 Å². The van der Waals surface area contributed by atoms with Crippen LogP contribution in [0, 0.1) is 20.8 Å².